The zero-order valence-electron chi connectivity index (χ0n) is 14.3. The largest absolute Gasteiger partial charge is 0.493 e. The third kappa shape index (κ3) is 2.98. The summed E-state index contributed by atoms with van der Waals surface area (Å²) in [6.07, 6.45) is 0.522. The third-order valence-corrected chi connectivity index (χ3v) is 6.56. The molecule has 1 atom stereocenters. The quantitative estimate of drug-likeness (QED) is 0.835. The molecular formula is C18H20FNO4S. The summed E-state index contributed by atoms with van der Waals surface area (Å²) in [5, 5.41) is 0. The molecule has 0 saturated carbocycles. The molecular weight excluding hydrogens is 345 g/mol. The van der Waals surface area contributed by atoms with Crippen molar-refractivity contribution < 1.29 is 22.3 Å². The lowest BCUT2D eigenvalue weighted by Gasteiger charge is -2.34. The number of ether oxygens (including phenoxy) is 2. The lowest BCUT2D eigenvalue weighted by atomic mass is 9.94. The van der Waals surface area contributed by atoms with Gasteiger partial charge in [0.05, 0.1) is 14.2 Å². The van der Waals surface area contributed by atoms with E-state index in [0.717, 1.165) is 17.2 Å². The van der Waals surface area contributed by atoms with Crippen molar-refractivity contribution in [3.05, 3.63) is 53.3 Å². The second-order valence-corrected chi connectivity index (χ2v) is 7.74. The van der Waals surface area contributed by atoms with Crippen molar-refractivity contribution in [2.45, 2.75) is 24.3 Å². The zero-order valence-corrected chi connectivity index (χ0v) is 15.1. The minimum atomic E-state index is -3.93. The van der Waals surface area contributed by atoms with Gasteiger partial charge in [0.1, 0.15) is 10.7 Å². The van der Waals surface area contributed by atoms with Gasteiger partial charge >= 0.3 is 0 Å². The molecule has 1 aliphatic heterocycles. The summed E-state index contributed by atoms with van der Waals surface area (Å²) in [4.78, 5) is -0.300. The van der Waals surface area contributed by atoms with E-state index in [1.54, 1.807) is 20.1 Å². The van der Waals surface area contributed by atoms with E-state index < -0.39 is 21.9 Å². The Bertz CT molecular complexity index is 898. The number of sulfonamides is 1. The van der Waals surface area contributed by atoms with Gasteiger partial charge in [-0.15, -0.1) is 0 Å². The Labute approximate surface area is 147 Å². The first kappa shape index (κ1) is 17.7. The normalized spacial score (nSPS) is 17.8. The molecule has 0 bridgehead atoms. The third-order valence-electron chi connectivity index (χ3n) is 4.55. The van der Waals surface area contributed by atoms with Crippen LogP contribution in [0.25, 0.3) is 0 Å². The first-order valence-corrected chi connectivity index (χ1v) is 9.35. The Balaban J connectivity index is 2.04. The smallest absolute Gasteiger partial charge is 0.246 e. The number of hydrogen-bond acceptors (Lipinski definition) is 4. The summed E-state index contributed by atoms with van der Waals surface area (Å²) >= 11 is 0. The summed E-state index contributed by atoms with van der Waals surface area (Å²) < 4.78 is 51.9. The summed E-state index contributed by atoms with van der Waals surface area (Å²) in [7, 11) is -0.839. The molecule has 134 valence electrons. The molecule has 5 nitrogen and oxygen atoms in total. The van der Waals surface area contributed by atoms with E-state index in [9.17, 15) is 12.8 Å². The van der Waals surface area contributed by atoms with Gasteiger partial charge in [-0.2, -0.15) is 4.31 Å². The summed E-state index contributed by atoms with van der Waals surface area (Å²) in [6, 6.07) is 8.67. The molecule has 2 aromatic carbocycles. The standard InChI is InChI=1S/C18H20FNO4S/c1-12-14-11-17(24-3)16(23-2)10-13(14)8-9-20(12)25(21,22)18-7-5-4-6-15(18)19/h4-7,10-12H,8-9H2,1-3H3/t12-/m1/s1. The fraction of sp³-hybridized carbons (Fsp3) is 0.333. The van der Waals surface area contributed by atoms with Crippen molar-refractivity contribution in [2.24, 2.45) is 0 Å². The average Bonchev–Trinajstić information content (AvgIpc) is 2.61. The van der Waals surface area contributed by atoms with Crippen LogP contribution in [-0.4, -0.2) is 33.5 Å². The van der Waals surface area contributed by atoms with E-state index in [1.165, 1.54) is 29.6 Å². The lowest BCUT2D eigenvalue weighted by Crippen LogP contribution is -2.39. The van der Waals surface area contributed by atoms with Gasteiger partial charge in [-0.1, -0.05) is 12.1 Å². The SMILES string of the molecule is COc1cc2c(cc1OC)[C@@H](C)N(S(=O)(=O)c1ccccc1F)CC2. The first-order valence-electron chi connectivity index (χ1n) is 7.91. The topological polar surface area (TPSA) is 55.8 Å². The highest BCUT2D eigenvalue weighted by atomic mass is 32.2. The number of nitrogens with zero attached hydrogens (tertiary/aromatic N) is 1. The minimum Gasteiger partial charge on any atom is -0.493 e. The Morgan fingerprint density at radius 2 is 1.76 bits per heavy atom. The van der Waals surface area contributed by atoms with Crippen LogP contribution in [0.4, 0.5) is 4.39 Å². The van der Waals surface area contributed by atoms with Gasteiger partial charge in [0.15, 0.2) is 11.5 Å². The van der Waals surface area contributed by atoms with E-state index >= 15 is 0 Å². The van der Waals surface area contributed by atoms with Crippen LogP contribution in [0, 0.1) is 5.82 Å². The van der Waals surface area contributed by atoms with Gasteiger partial charge in [-0.05, 0) is 48.7 Å². The van der Waals surface area contributed by atoms with E-state index in [2.05, 4.69) is 0 Å². The van der Waals surface area contributed by atoms with Crippen molar-refractivity contribution in [3.63, 3.8) is 0 Å². The van der Waals surface area contributed by atoms with Crippen LogP contribution in [0.2, 0.25) is 0 Å². The molecule has 1 heterocycles. The fourth-order valence-electron chi connectivity index (χ4n) is 3.23. The molecule has 0 spiro atoms. The molecule has 0 aromatic heterocycles. The van der Waals surface area contributed by atoms with Gasteiger partial charge in [-0.25, -0.2) is 12.8 Å². The number of hydrogen-bond donors (Lipinski definition) is 0. The molecule has 0 N–H and O–H groups in total. The molecule has 0 amide bonds. The number of benzene rings is 2. The molecule has 0 unspecified atom stereocenters. The monoisotopic (exact) mass is 365 g/mol. The van der Waals surface area contributed by atoms with E-state index in [0.29, 0.717) is 17.9 Å². The zero-order chi connectivity index (χ0) is 18.2. The van der Waals surface area contributed by atoms with Crippen LogP contribution in [0.5, 0.6) is 11.5 Å². The Hall–Kier alpha value is -2.12. The summed E-state index contributed by atoms with van der Waals surface area (Å²) in [5.74, 6) is 0.407. The molecule has 3 rings (SSSR count). The summed E-state index contributed by atoms with van der Waals surface area (Å²) in [5.41, 5.74) is 1.84. The lowest BCUT2D eigenvalue weighted by molar-refractivity contribution is 0.317. The Kier molecular flexibility index (Phi) is 4.71. The van der Waals surface area contributed by atoms with Crippen molar-refractivity contribution in [3.8, 4) is 11.5 Å². The van der Waals surface area contributed by atoms with Crippen LogP contribution in [-0.2, 0) is 16.4 Å². The van der Waals surface area contributed by atoms with Crippen LogP contribution < -0.4 is 9.47 Å². The maximum Gasteiger partial charge on any atom is 0.246 e. The van der Waals surface area contributed by atoms with Crippen molar-refractivity contribution in [1.82, 2.24) is 4.31 Å². The molecule has 0 saturated heterocycles. The Morgan fingerprint density at radius 3 is 2.40 bits per heavy atom. The van der Waals surface area contributed by atoms with Gasteiger partial charge in [0.25, 0.3) is 0 Å². The van der Waals surface area contributed by atoms with E-state index in [4.69, 9.17) is 9.47 Å². The Morgan fingerprint density at radius 1 is 1.12 bits per heavy atom. The maximum absolute atomic E-state index is 14.0. The van der Waals surface area contributed by atoms with Crippen LogP contribution in [0.1, 0.15) is 24.1 Å². The number of halogens is 1. The average molecular weight is 365 g/mol. The van der Waals surface area contributed by atoms with Gasteiger partial charge in [0, 0.05) is 12.6 Å². The predicted octanol–water partition coefficient (Wildman–Crippen LogP) is 3.15. The molecule has 0 fully saturated rings. The van der Waals surface area contributed by atoms with Crippen molar-refractivity contribution in [2.75, 3.05) is 20.8 Å². The molecule has 0 aliphatic carbocycles. The molecule has 2 aromatic rings. The number of fused-ring (bicyclic) bond motifs is 1. The second kappa shape index (κ2) is 6.65. The van der Waals surface area contributed by atoms with Crippen molar-refractivity contribution >= 4 is 10.0 Å². The van der Waals surface area contributed by atoms with Crippen LogP contribution >= 0.6 is 0 Å². The van der Waals surface area contributed by atoms with E-state index in [-0.39, 0.29) is 11.4 Å². The highest BCUT2D eigenvalue weighted by Crippen LogP contribution is 2.40. The minimum absolute atomic E-state index is 0.278. The molecule has 25 heavy (non-hydrogen) atoms. The predicted molar refractivity (Wildman–Crippen MR) is 92.0 cm³/mol. The number of methoxy groups -OCH3 is 2. The van der Waals surface area contributed by atoms with Gasteiger partial charge in [0.2, 0.25) is 10.0 Å². The summed E-state index contributed by atoms with van der Waals surface area (Å²) in [6.45, 7) is 2.07. The highest BCUT2D eigenvalue weighted by Gasteiger charge is 2.36. The molecule has 1 aliphatic rings. The van der Waals surface area contributed by atoms with Crippen LogP contribution in [0.3, 0.4) is 0 Å². The van der Waals surface area contributed by atoms with Crippen LogP contribution in [0.15, 0.2) is 41.3 Å². The fourth-order valence-corrected chi connectivity index (χ4v) is 4.91. The van der Waals surface area contributed by atoms with Gasteiger partial charge in [-0.3, -0.25) is 0 Å². The molecule has 0 radical (unpaired) electrons. The maximum atomic E-state index is 14.0. The van der Waals surface area contributed by atoms with Gasteiger partial charge < -0.3 is 9.47 Å². The highest BCUT2D eigenvalue weighted by molar-refractivity contribution is 7.89. The van der Waals surface area contributed by atoms with Crippen molar-refractivity contribution in [1.29, 1.82) is 0 Å². The first-order chi connectivity index (χ1) is 11.9. The second-order valence-electron chi connectivity index (χ2n) is 5.88. The number of rotatable bonds is 4. The van der Waals surface area contributed by atoms with E-state index in [1.807, 2.05) is 6.07 Å². The molecule has 7 heteroatoms.